The molecule has 4 rings (SSSR count). The summed E-state index contributed by atoms with van der Waals surface area (Å²) in [5.41, 5.74) is 10.7. The van der Waals surface area contributed by atoms with Gasteiger partial charge in [-0.05, 0) is 53.5 Å². The first-order valence-electron chi connectivity index (χ1n) is 9.40. The van der Waals surface area contributed by atoms with E-state index in [0.29, 0.717) is 5.92 Å². The maximum Gasteiger partial charge on any atom is 0.0561 e. The van der Waals surface area contributed by atoms with Crippen molar-refractivity contribution >= 4 is 28.2 Å². The van der Waals surface area contributed by atoms with Gasteiger partial charge in [-0.2, -0.15) is 5.10 Å². The molecule has 0 bridgehead atoms. The van der Waals surface area contributed by atoms with Crippen LogP contribution < -0.4 is 5.43 Å². The first-order valence-corrected chi connectivity index (χ1v) is 9.40. The van der Waals surface area contributed by atoms with Crippen LogP contribution in [0.15, 0.2) is 89.1 Å². The van der Waals surface area contributed by atoms with E-state index in [0.717, 1.165) is 5.69 Å². The lowest BCUT2D eigenvalue weighted by Crippen LogP contribution is -2.02. The Morgan fingerprint density at radius 3 is 2.37 bits per heavy atom. The molecule has 3 aromatic rings. The molecule has 0 saturated carbocycles. The smallest absolute Gasteiger partial charge is 0.0561 e. The Morgan fingerprint density at radius 1 is 0.889 bits per heavy atom. The summed E-state index contributed by atoms with van der Waals surface area (Å²) in [5, 5.41) is 7.01. The molecule has 134 valence electrons. The molecule has 1 N–H and O–H groups in total. The Labute approximate surface area is 160 Å². The number of hydrogen-bond acceptors (Lipinski definition) is 2. The standard InChI is InChI=1S/C25H24N2/c1-17-15-18(2)25(19(17)3)23-14-13-20-9-7-8-12-22(20)24(23)16-26-27-21-10-5-4-6-11-21/h4-16,19,27H,1-3H3. The fourth-order valence-corrected chi connectivity index (χ4v) is 3.91. The minimum Gasteiger partial charge on any atom is -0.279 e. The third kappa shape index (κ3) is 3.31. The van der Waals surface area contributed by atoms with Crippen LogP contribution in [0.3, 0.4) is 0 Å². The SMILES string of the molecule is CC1=CC(C)=C(c2ccc3ccccc3c2C=NNc2ccccc2)C1C. The highest BCUT2D eigenvalue weighted by Crippen LogP contribution is 2.40. The summed E-state index contributed by atoms with van der Waals surface area (Å²) < 4.78 is 0. The van der Waals surface area contributed by atoms with Crippen LogP contribution in [0.5, 0.6) is 0 Å². The third-order valence-corrected chi connectivity index (χ3v) is 5.41. The predicted octanol–water partition coefficient (Wildman–Crippen LogP) is 6.66. The molecule has 1 aliphatic rings. The molecule has 0 saturated heterocycles. The van der Waals surface area contributed by atoms with E-state index in [1.54, 1.807) is 0 Å². The Kier molecular flexibility index (Phi) is 4.64. The highest BCUT2D eigenvalue weighted by Gasteiger charge is 2.23. The van der Waals surface area contributed by atoms with Gasteiger partial charge in [-0.3, -0.25) is 5.43 Å². The highest BCUT2D eigenvalue weighted by atomic mass is 15.3. The Morgan fingerprint density at radius 2 is 1.63 bits per heavy atom. The summed E-state index contributed by atoms with van der Waals surface area (Å²) in [4.78, 5) is 0. The number of anilines is 1. The van der Waals surface area contributed by atoms with Crippen LogP contribution in [0.2, 0.25) is 0 Å². The van der Waals surface area contributed by atoms with E-state index in [-0.39, 0.29) is 0 Å². The molecule has 0 heterocycles. The summed E-state index contributed by atoms with van der Waals surface area (Å²) in [5.74, 6) is 0.431. The molecule has 1 unspecified atom stereocenters. The first-order chi connectivity index (χ1) is 13.1. The van der Waals surface area contributed by atoms with E-state index in [2.05, 4.69) is 73.8 Å². The Bertz CT molecular complexity index is 1070. The topological polar surface area (TPSA) is 24.4 Å². The van der Waals surface area contributed by atoms with Gasteiger partial charge >= 0.3 is 0 Å². The quantitative estimate of drug-likeness (QED) is 0.412. The Balaban J connectivity index is 1.81. The van der Waals surface area contributed by atoms with Gasteiger partial charge in [-0.1, -0.05) is 73.2 Å². The van der Waals surface area contributed by atoms with Crippen molar-refractivity contribution in [1.29, 1.82) is 0 Å². The van der Waals surface area contributed by atoms with E-state index in [9.17, 15) is 0 Å². The summed E-state index contributed by atoms with van der Waals surface area (Å²) in [7, 11) is 0. The van der Waals surface area contributed by atoms with Crippen LogP contribution in [-0.4, -0.2) is 6.21 Å². The van der Waals surface area contributed by atoms with E-state index in [1.807, 2.05) is 36.5 Å². The number of fused-ring (bicyclic) bond motifs is 1. The molecule has 0 aliphatic heterocycles. The van der Waals surface area contributed by atoms with Crippen LogP contribution in [0.25, 0.3) is 16.3 Å². The lowest BCUT2D eigenvalue weighted by molar-refractivity contribution is 0.902. The van der Waals surface area contributed by atoms with Gasteiger partial charge in [0.25, 0.3) is 0 Å². The van der Waals surface area contributed by atoms with Crippen LogP contribution in [0.4, 0.5) is 5.69 Å². The molecule has 2 heteroatoms. The fraction of sp³-hybridized carbons (Fsp3) is 0.160. The molecular weight excluding hydrogens is 328 g/mol. The van der Waals surface area contributed by atoms with Crippen LogP contribution in [-0.2, 0) is 0 Å². The molecule has 2 nitrogen and oxygen atoms in total. The summed E-state index contributed by atoms with van der Waals surface area (Å²) in [6.45, 7) is 6.71. The van der Waals surface area contributed by atoms with E-state index in [1.165, 1.54) is 38.6 Å². The van der Waals surface area contributed by atoms with Crippen LogP contribution in [0, 0.1) is 5.92 Å². The van der Waals surface area contributed by atoms with Crippen molar-refractivity contribution in [2.24, 2.45) is 11.0 Å². The largest absolute Gasteiger partial charge is 0.279 e. The van der Waals surface area contributed by atoms with E-state index >= 15 is 0 Å². The summed E-state index contributed by atoms with van der Waals surface area (Å²) in [6.07, 6.45) is 4.27. The second-order valence-electron chi connectivity index (χ2n) is 7.19. The number of rotatable bonds is 4. The van der Waals surface area contributed by atoms with Crippen molar-refractivity contribution in [2.75, 3.05) is 5.43 Å². The zero-order valence-corrected chi connectivity index (χ0v) is 16.0. The summed E-state index contributed by atoms with van der Waals surface area (Å²) >= 11 is 0. The highest BCUT2D eigenvalue weighted by molar-refractivity contribution is 6.05. The molecule has 0 aromatic heterocycles. The van der Waals surface area contributed by atoms with Gasteiger partial charge in [0.2, 0.25) is 0 Å². The van der Waals surface area contributed by atoms with Crippen LogP contribution >= 0.6 is 0 Å². The normalized spacial score (nSPS) is 17.0. The second kappa shape index (κ2) is 7.24. The number of allylic oxidation sites excluding steroid dienone is 4. The molecule has 1 atom stereocenters. The fourth-order valence-electron chi connectivity index (χ4n) is 3.91. The van der Waals surface area contributed by atoms with Crippen molar-refractivity contribution in [3.63, 3.8) is 0 Å². The minimum atomic E-state index is 0.431. The number of benzene rings is 3. The monoisotopic (exact) mass is 352 g/mol. The molecular formula is C25H24N2. The molecule has 3 aromatic carbocycles. The maximum absolute atomic E-state index is 4.55. The zero-order valence-electron chi connectivity index (χ0n) is 16.0. The number of para-hydroxylation sites is 1. The van der Waals surface area contributed by atoms with Gasteiger partial charge < -0.3 is 0 Å². The van der Waals surface area contributed by atoms with Gasteiger partial charge in [0, 0.05) is 11.5 Å². The maximum atomic E-state index is 4.55. The first kappa shape index (κ1) is 17.3. The number of hydrazone groups is 1. The number of nitrogens with zero attached hydrogens (tertiary/aromatic N) is 1. The van der Waals surface area contributed by atoms with Crippen molar-refractivity contribution in [3.05, 3.63) is 95.1 Å². The van der Waals surface area contributed by atoms with E-state index in [4.69, 9.17) is 0 Å². The predicted molar refractivity (Wildman–Crippen MR) is 117 cm³/mol. The molecule has 27 heavy (non-hydrogen) atoms. The number of nitrogens with one attached hydrogen (secondary N) is 1. The van der Waals surface area contributed by atoms with Crippen molar-refractivity contribution in [3.8, 4) is 0 Å². The molecule has 0 fully saturated rings. The lowest BCUT2D eigenvalue weighted by Gasteiger charge is -2.17. The van der Waals surface area contributed by atoms with Crippen molar-refractivity contribution in [1.82, 2.24) is 0 Å². The lowest BCUT2D eigenvalue weighted by atomic mass is 9.87. The average Bonchev–Trinajstić information content (AvgIpc) is 2.94. The van der Waals surface area contributed by atoms with Gasteiger partial charge in [0.1, 0.15) is 0 Å². The van der Waals surface area contributed by atoms with Crippen molar-refractivity contribution in [2.45, 2.75) is 20.8 Å². The van der Waals surface area contributed by atoms with Gasteiger partial charge in [-0.15, -0.1) is 0 Å². The molecule has 0 spiro atoms. The van der Waals surface area contributed by atoms with Crippen LogP contribution in [0.1, 0.15) is 31.9 Å². The zero-order chi connectivity index (χ0) is 18.8. The van der Waals surface area contributed by atoms with Gasteiger partial charge in [-0.25, -0.2) is 0 Å². The van der Waals surface area contributed by atoms with Crippen molar-refractivity contribution < 1.29 is 0 Å². The van der Waals surface area contributed by atoms with E-state index < -0.39 is 0 Å². The number of hydrogen-bond donors (Lipinski definition) is 1. The average molecular weight is 352 g/mol. The molecule has 0 amide bonds. The second-order valence-corrected chi connectivity index (χ2v) is 7.19. The Hall–Kier alpha value is -3.13. The third-order valence-electron chi connectivity index (χ3n) is 5.41. The summed E-state index contributed by atoms with van der Waals surface area (Å²) in [6, 6.07) is 23.0. The van der Waals surface area contributed by atoms with Gasteiger partial charge in [0.05, 0.1) is 11.9 Å². The minimum absolute atomic E-state index is 0.431. The van der Waals surface area contributed by atoms with Gasteiger partial charge in [0.15, 0.2) is 0 Å². The molecule has 0 radical (unpaired) electrons. The molecule has 1 aliphatic carbocycles.